The van der Waals surface area contributed by atoms with Gasteiger partial charge < -0.3 is 10.2 Å². The minimum Gasteiger partial charge on any atom is -0.323 e. The maximum absolute atomic E-state index is 13.2. The molecule has 0 saturated carbocycles. The molecule has 1 atom stereocenters. The first-order chi connectivity index (χ1) is 16.8. The molecule has 4 amide bonds. The van der Waals surface area contributed by atoms with E-state index in [0.717, 1.165) is 33.1 Å². The van der Waals surface area contributed by atoms with Crippen LogP contribution in [0.15, 0.2) is 47.3 Å². The van der Waals surface area contributed by atoms with Crippen LogP contribution in [0.3, 0.4) is 0 Å². The van der Waals surface area contributed by atoms with Gasteiger partial charge in [-0.25, -0.2) is 9.59 Å². The Bertz CT molecular complexity index is 1720. The van der Waals surface area contributed by atoms with Gasteiger partial charge in [0.2, 0.25) is 5.91 Å². The van der Waals surface area contributed by atoms with Crippen LogP contribution in [-0.2, 0) is 35.5 Å². The average molecular weight is 468 g/mol. The van der Waals surface area contributed by atoms with Crippen LogP contribution in [0.2, 0.25) is 0 Å². The molecule has 2 aliphatic heterocycles. The van der Waals surface area contributed by atoms with Gasteiger partial charge in [0.05, 0.1) is 34.5 Å². The van der Waals surface area contributed by atoms with Gasteiger partial charge in [-0.15, -0.1) is 0 Å². The van der Waals surface area contributed by atoms with Gasteiger partial charge in [0, 0.05) is 25.3 Å². The summed E-state index contributed by atoms with van der Waals surface area (Å²) >= 11 is 0. The molecule has 4 heterocycles. The topological polar surface area (TPSA) is 118 Å². The molecule has 2 aromatic carbocycles. The zero-order valence-electron chi connectivity index (χ0n) is 18.8. The Morgan fingerprint density at radius 2 is 1.80 bits per heavy atom. The van der Waals surface area contributed by atoms with Gasteiger partial charge in [-0.2, -0.15) is 0 Å². The first-order valence-corrected chi connectivity index (χ1v) is 11.4. The van der Waals surface area contributed by atoms with Crippen molar-refractivity contribution in [3.8, 4) is 0 Å². The first-order valence-electron chi connectivity index (χ1n) is 11.4. The summed E-state index contributed by atoms with van der Waals surface area (Å²) in [7, 11) is 1.65. The van der Waals surface area contributed by atoms with Gasteiger partial charge in [-0.1, -0.05) is 12.1 Å². The lowest BCUT2D eigenvalue weighted by Crippen LogP contribution is -2.48. The molecule has 4 aromatic rings. The summed E-state index contributed by atoms with van der Waals surface area (Å²) < 4.78 is 3.14. The minimum atomic E-state index is -0.885. The molecule has 2 aromatic heterocycles. The summed E-state index contributed by atoms with van der Waals surface area (Å²) in [5, 5.41) is 6.18. The number of pyridine rings is 1. The van der Waals surface area contributed by atoms with Crippen LogP contribution in [0.25, 0.3) is 21.9 Å². The first kappa shape index (κ1) is 20.0. The molecule has 35 heavy (non-hydrogen) atoms. The third-order valence-corrected chi connectivity index (χ3v) is 7.56. The summed E-state index contributed by atoms with van der Waals surface area (Å²) in [5.41, 5.74) is 4.46. The number of amides is 4. The number of urea groups is 1. The van der Waals surface area contributed by atoms with Gasteiger partial charge in [-0.05, 0) is 41.5 Å². The number of fused-ring (bicyclic) bond motifs is 2. The number of carbonyl (C=O) groups excluding carboxylic acids is 3. The monoisotopic (exact) mass is 468 g/mol. The van der Waals surface area contributed by atoms with Crippen LogP contribution in [0, 0.1) is 0 Å². The Morgan fingerprint density at radius 3 is 2.57 bits per heavy atom. The number of imidazole rings is 1. The van der Waals surface area contributed by atoms with E-state index in [-0.39, 0.29) is 36.6 Å². The SMILES string of the molecule is CN1C(=O)NC(=O)[C@@]12Cc1cc3ccc(Cn4c(=O)n5c6c(cccc64)NC(=O)C5)nc3cc1C2. The van der Waals surface area contributed by atoms with E-state index < -0.39 is 5.54 Å². The largest absolute Gasteiger partial charge is 0.330 e. The van der Waals surface area contributed by atoms with Gasteiger partial charge in [0.25, 0.3) is 5.91 Å². The van der Waals surface area contributed by atoms with E-state index in [4.69, 9.17) is 4.98 Å². The normalized spacial score (nSPS) is 20.7. The van der Waals surface area contributed by atoms with Crippen molar-refractivity contribution in [1.29, 1.82) is 0 Å². The number of rotatable bonds is 2. The fourth-order valence-corrected chi connectivity index (χ4v) is 5.73. The van der Waals surface area contributed by atoms with E-state index in [9.17, 15) is 19.2 Å². The summed E-state index contributed by atoms with van der Waals surface area (Å²) in [6, 6.07) is 13.0. The molecular formula is C25H20N6O4. The van der Waals surface area contributed by atoms with Gasteiger partial charge in [0.1, 0.15) is 12.1 Å². The smallest absolute Gasteiger partial charge is 0.323 e. The molecule has 1 saturated heterocycles. The quantitative estimate of drug-likeness (QED) is 0.431. The molecule has 1 aliphatic carbocycles. The maximum atomic E-state index is 13.2. The molecule has 0 unspecified atom stereocenters. The van der Waals surface area contributed by atoms with Crippen LogP contribution in [0.5, 0.6) is 0 Å². The van der Waals surface area contributed by atoms with Gasteiger partial charge >= 0.3 is 11.7 Å². The van der Waals surface area contributed by atoms with Crippen molar-refractivity contribution < 1.29 is 14.4 Å². The number of nitrogens with one attached hydrogen (secondary N) is 2. The van der Waals surface area contributed by atoms with Crippen LogP contribution in [-0.4, -0.2) is 49.5 Å². The Hall–Kier alpha value is -4.47. The van der Waals surface area contributed by atoms with Gasteiger partial charge in [0.15, 0.2) is 0 Å². The van der Waals surface area contributed by atoms with E-state index in [2.05, 4.69) is 10.6 Å². The van der Waals surface area contributed by atoms with E-state index in [0.29, 0.717) is 24.2 Å². The average Bonchev–Trinajstić information content (AvgIpc) is 3.41. The molecule has 3 aliphatic rings. The van der Waals surface area contributed by atoms with Gasteiger partial charge in [-0.3, -0.25) is 29.0 Å². The predicted molar refractivity (Wildman–Crippen MR) is 127 cm³/mol. The number of para-hydroxylation sites is 1. The van der Waals surface area contributed by atoms with Crippen molar-refractivity contribution in [2.75, 3.05) is 12.4 Å². The van der Waals surface area contributed by atoms with E-state index in [1.54, 1.807) is 17.7 Å². The zero-order chi connectivity index (χ0) is 24.1. The number of imide groups is 1. The fraction of sp³-hybridized carbons (Fsp3) is 0.240. The number of hydrogen-bond acceptors (Lipinski definition) is 5. The third-order valence-electron chi connectivity index (χ3n) is 7.56. The molecule has 7 rings (SSSR count). The van der Waals surface area contributed by atoms with E-state index in [1.807, 2.05) is 36.4 Å². The van der Waals surface area contributed by atoms with E-state index >= 15 is 0 Å². The standard InChI is InChI=1S/C25H20N6O4/c1-29-23(34)28-22(33)25(29)9-14-7-13-5-6-16(26-18(13)8-15(14)10-25)11-30-19-4-2-3-17-21(19)31(24(30)35)12-20(32)27-17/h2-8H,9-12H2,1H3,(H,27,32)(H,28,33,34)/t25-/m0/s1. The number of carbonyl (C=O) groups is 3. The number of hydrogen-bond donors (Lipinski definition) is 2. The highest BCUT2D eigenvalue weighted by atomic mass is 16.2. The highest BCUT2D eigenvalue weighted by Crippen LogP contribution is 2.38. The van der Waals surface area contributed by atoms with Crippen molar-refractivity contribution in [3.63, 3.8) is 0 Å². The summed E-state index contributed by atoms with van der Waals surface area (Å²) in [5.74, 6) is -0.483. The molecule has 10 nitrogen and oxygen atoms in total. The molecule has 10 heteroatoms. The lowest BCUT2D eigenvalue weighted by Gasteiger charge is -2.27. The molecule has 174 valence electrons. The molecular weight excluding hydrogens is 448 g/mol. The van der Waals surface area contributed by atoms with Crippen molar-refractivity contribution >= 4 is 45.5 Å². The number of nitrogens with zero attached hydrogens (tertiary/aromatic N) is 4. The highest BCUT2D eigenvalue weighted by Gasteiger charge is 2.54. The second-order valence-electron chi connectivity index (χ2n) is 9.50. The summed E-state index contributed by atoms with van der Waals surface area (Å²) in [4.78, 5) is 56.2. The van der Waals surface area contributed by atoms with Crippen LogP contribution in [0.4, 0.5) is 10.5 Å². The molecule has 1 spiro atoms. The number of benzene rings is 2. The maximum Gasteiger partial charge on any atom is 0.330 e. The van der Waals surface area contributed by atoms with Crippen LogP contribution < -0.4 is 16.3 Å². The molecule has 0 bridgehead atoms. The fourth-order valence-electron chi connectivity index (χ4n) is 5.73. The second-order valence-corrected chi connectivity index (χ2v) is 9.50. The third kappa shape index (κ3) is 2.61. The number of likely N-dealkylation sites (N-methyl/N-ethyl adjacent to an activating group) is 1. The summed E-state index contributed by atoms with van der Waals surface area (Å²) in [6.45, 7) is 0.249. The Kier molecular flexibility index (Phi) is 3.74. The van der Waals surface area contributed by atoms with Crippen molar-refractivity contribution in [3.05, 3.63) is 69.8 Å². The van der Waals surface area contributed by atoms with Crippen molar-refractivity contribution in [2.45, 2.75) is 31.5 Å². The van der Waals surface area contributed by atoms with Crippen LogP contribution in [0.1, 0.15) is 16.8 Å². The predicted octanol–water partition coefficient (Wildman–Crippen LogP) is 1.37. The second kappa shape index (κ2) is 6.56. The molecule has 1 fully saturated rings. The van der Waals surface area contributed by atoms with Crippen molar-refractivity contribution in [1.82, 2.24) is 24.3 Å². The van der Waals surface area contributed by atoms with E-state index in [1.165, 1.54) is 9.47 Å². The van der Waals surface area contributed by atoms with Crippen molar-refractivity contribution in [2.24, 2.45) is 0 Å². The Morgan fingerprint density at radius 1 is 1.00 bits per heavy atom. The lowest BCUT2D eigenvalue weighted by atomic mass is 9.95. The van der Waals surface area contributed by atoms with Crippen LogP contribution >= 0.6 is 0 Å². The summed E-state index contributed by atoms with van der Waals surface area (Å²) in [6.07, 6.45) is 0.910. The zero-order valence-corrected chi connectivity index (χ0v) is 18.8. The Balaban J connectivity index is 1.28. The molecule has 2 N–H and O–H groups in total. The highest BCUT2D eigenvalue weighted by molar-refractivity contribution is 6.08. The minimum absolute atomic E-state index is 0.0110. The molecule has 0 radical (unpaired) electrons. The lowest BCUT2D eigenvalue weighted by molar-refractivity contribution is -0.125. The Labute approximate surface area is 198 Å². The number of anilines is 1. The number of aromatic nitrogens is 3.